The van der Waals surface area contributed by atoms with Crippen molar-refractivity contribution in [1.82, 2.24) is 24.7 Å². The van der Waals surface area contributed by atoms with Crippen molar-refractivity contribution in [3.05, 3.63) is 42.6 Å². The molecule has 1 N–H and O–H groups in total. The average molecular weight is 356 g/mol. The van der Waals surface area contributed by atoms with Gasteiger partial charge < -0.3 is 9.30 Å². The number of pyridine rings is 1. The number of rotatable bonds is 7. The molecule has 3 aromatic rings. The quantitative estimate of drug-likeness (QED) is 0.514. The molecule has 0 aliphatic heterocycles. The van der Waals surface area contributed by atoms with Crippen molar-refractivity contribution in [2.45, 2.75) is 39.3 Å². The van der Waals surface area contributed by atoms with Crippen LogP contribution in [-0.2, 0) is 11.5 Å². The maximum absolute atomic E-state index is 5.89. The molecule has 0 saturated carbocycles. The Morgan fingerprint density at radius 2 is 2.08 bits per heavy atom. The lowest BCUT2D eigenvalue weighted by Gasteiger charge is -2.16. The summed E-state index contributed by atoms with van der Waals surface area (Å²) in [6, 6.07) is 5.16. The number of hydrogen-bond acceptors (Lipinski definition) is 4. The minimum atomic E-state index is -1.08. The van der Waals surface area contributed by atoms with Crippen LogP contribution in [0, 0.1) is 6.92 Å². The highest BCUT2D eigenvalue weighted by molar-refractivity contribution is 6.76. The molecule has 0 amide bonds. The Hall–Kier alpha value is -2.25. The third-order valence-electron chi connectivity index (χ3n) is 3.94. The highest BCUT2D eigenvalue weighted by Gasteiger charge is 2.14. The number of aromatic amines is 1. The summed E-state index contributed by atoms with van der Waals surface area (Å²) in [5.41, 5.74) is 3.88. The number of nitrogens with zero attached hydrogens (tertiary/aromatic N) is 4. The van der Waals surface area contributed by atoms with Crippen LogP contribution in [0.25, 0.3) is 22.6 Å². The summed E-state index contributed by atoms with van der Waals surface area (Å²) < 4.78 is 7.92. The van der Waals surface area contributed by atoms with Gasteiger partial charge in [0.25, 0.3) is 0 Å². The van der Waals surface area contributed by atoms with E-state index in [1.165, 1.54) is 0 Å². The number of ether oxygens (including phenoxy) is 1. The second-order valence-electron chi connectivity index (χ2n) is 7.44. The molecule has 0 saturated heterocycles. The Labute approximate surface area is 149 Å². The minimum absolute atomic E-state index is 0.498. The van der Waals surface area contributed by atoms with E-state index >= 15 is 0 Å². The normalized spacial score (nSPS) is 11.8. The first-order valence-corrected chi connectivity index (χ1v) is 12.2. The Morgan fingerprint density at radius 3 is 2.80 bits per heavy atom. The van der Waals surface area contributed by atoms with E-state index in [1.807, 2.05) is 36.0 Å². The average Bonchev–Trinajstić information content (AvgIpc) is 3.20. The first kappa shape index (κ1) is 17.6. The molecule has 3 rings (SSSR count). The van der Waals surface area contributed by atoms with Crippen molar-refractivity contribution in [3.8, 4) is 22.6 Å². The first-order chi connectivity index (χ1) is 11.9. The number of hydrogen-bond donors (Lipinski definition) is 1. The number of aryl methyl sites for hydroxylation is 1. The fraction of sp³-hybridized carbons (Fsp3) is 0.389. The molecule has 3 aromatic heterocycles. The van der Waals surface area contributed by atoms with E-state index < -0.39 is 8.07 Å². The predicted octanol–water partition coefficient (Wildman–Crippen LogP) is 3.96. The Morgan fingerprint density at radius 1 is 1.24 bits per heavy atom. The standard InChI is InChI=1S/C18H25N5OSi/c1-14-12-23(13-24-7-8-25(2,3)4)18(22-14)17-9-15(5-6-19-17)16-10-20-21-11-16/h5-6,9-12H,7-8,13H2,1-4H3,(H,20,21). The molecular formula is C18H25N5OSi. The first-order valence-electron chi connectivity index (χ1n) is 8.49. The lowest BCUT2D eigenvalue weighted by atomic mass is 10.1. The van der Waals surface area contributed by atoms with Crippen LogP contribution in [-0.4, -0.2) is 39.4 Å². The molecule has 0 radical (unpaired) electrons. The number of H-pyrrole nitrogens is 1. The Kier molecular flexibility index (Phi) is 5.15. The highest BCUT2D eigenvalue weighted by Crippen LogP contribution is 2.23. The fourth-order valence-corrected chi connectivity index (χ4v) is 3.29. The minimum Gasteiger partial charge on any atom is -0.361 e. The molecule has 0 bridgehead atoms. The summed E-state index contributed by atoms with van der Waals surface area (Å²) in [5, 5.41) is 6.85. The van der Waals surface area contributed by atoms with Gasteiger partial charge >= 0.3 is 0 Å². The molecule has 25 heavy (non-hydrogen) atoms. The van der Waals surface area contributed by atoms with E-state index in [-0.39, 0.29) is 0 Å². The molecule has 0 aliphatic carbocycles. The molecule has 0 fully saturated rings. The molecule has 0 aromatic carbocycles. The van der Waals surface area contributed by atoms with Crippen molar-refractivity contribution in [2.75, 3.05) is 6.61 Å². The van der Waals surface area contributed by atoms with Gasteiger partial charge in [0.2, 0.25) is 0 Å². The van der Waals surface area contributed by atoms with E-state index in [9.17, 15) is 0 Å². The zero-order valence-electron chi connectivity index (χ0n) is 15.3. The van der Waals surface area contributed by atoms with Crippen molar-refractivity contribution in [3.63, 3.8) is 0 Å². The summed E-state index contributed by atoms with van der Waals surface area (Å²) >= 11 is 0. The van der Waals surface area contributed by atoms with E-state index in [2.05, 4.69) is 39.8 Å². The maximum Gasteiger partial charge on any atom is 0.160 e. The lowest BCUT2D eigenvalue weighted by molar-refractivity contribution is 0.0882. The topological polar surface area (TPSA) is 68.6 Å². The van der Waals surface area contributed by atoms with Crippen LogP contribution < -0.4 is 0 Å². The zero-order valence-corrected chi connectivity index (χ0v) is 16.3. The second-order valence-corrected chi connectivity index (χ2v) is 13.1. The van der Waals surface area contributed by atoms with Crippen LogP contribution in [0.1, 0.15) is 5.69 Å². The van der Waals surface area contributed by atoms with E-state index in [4.69, 9.17) is 4.74 Å². The molecule has 0 spiro atoms. The van der Waals surface area contributed by atoms with Gasteiger partial charge in [-0.2, -0.15) is 5.10 Å². The SMILES string of the molecule is Cc1cn(COCC[Si](C)(C)C)c(-c2cc(-c3cn[nH]c3)ccn2)n1. The van der Waals surface area contributed by atoms with Crippen LogP contribution >= 0.6 is 0 Å². The number of aromatic nitrogens is 5. The van der Waals surface area contributed by atoms with Gasteiger partial charge in [0.05, 0.1) is 11.9 Å². The van der Waals surface area contributed by atoms with Crippen LogP contribution in [0.4, 0.5) is 0 Å². The van der Waals surface area contributed by atoms with Crippen LogP contribution in [0.3, 0.4) is 0 Å². The van der Waals surface area contributed by atoms with Gasteiger partial charge in [-0.05, 0) is 30.7 Å². The van der Waals surface area contributed by atoms with Crippen molar-refractivity contribution < 1.29 is 4.74 Å². The van der Waals surface area contributed by atoms with Crippen LogP contribution in [0.5, 0.6) is 0 Å². The third kappa shape index (κ3) is 4.64. The second kappa shape index (κ2) is 7.33. The van der Waals surface area contributed by atoms with Gasteiger partial charge in [-0.15, -0.1) is 0 Å². The zero-order chi connectivity index (χ0) is 17.9. The monoisotopic (exact) mass is 355 g/mol. The van der Waals surface area contributed by atoms with E-state index in [1.54, 1.807) is 12.4 Å². The molecule has 0 atom stereocenters. The Balaban J connectivity index is 1.78. The van der Waals surface area contributed by atoms with Gasteiger partial charge in [-0.1, -0.05) is 19.6 Å². The lowest BCUT2D eigenvalue weighted by Crippen LogP contribution is -2.22. The van der Waals surface area contributed by atoms with Crippen LogP contribution in [0.2, 0.25) is 25.7 Å². The highest BCUT2D eigenvalue weighted by atomic mass is 28.3. The van der Waals surface area contributed by atoms with Gasteiger partial charge in [0.15, 0.2) is 5.82 Å². The maximum atomic E-state index is 5.89. The molecule has 0 unspecified atom stereocenters. The number of imidazole rings is 1. The summed E-state index contributed by atoms with van der Waals surface area (Å²) in [4.78, 5) is 9.13. The third-order valence-corrected chi connectivity index (χ3v) is 5.65. The summed E-state index contributed by atoms with van der Waals surface area (Å²) in [5.74, 6) is 0.829. The predicted molar refractivity (Wildman–Crippen MR) is 102 cm³/mol. The Bertz CT molecular complexity index is 820. The van der Waals surface area contributed by atoms with Gasteiger partial charge in [0.1, 0.15) is 12.4 Å². The molecule has 132 valence electrons. The fourth-order valence-electron chi connectivity index (χ4n) is 2.53. The van der Waals surface area contributed by atoms with E-state index in [0.717, 1.165) is 41.0 Å². The van der Waals surface area contributed by atoms with Crippen molar-refractivity contribution in [1.29, 1.82) is 0 Å². The van der Waals surface area contributed by atoms with E-state index in [0.29, 0.717) is 6.73 Å². The molecule has 3 heterocycles. The molecule has 7 heteroatoms. The van der Waals surface area contributed by atoms with Gasteiger partial charge in [-0.3, -0.25) is 10.1 Å². The van der Waals surface area contributed by atoms with Gasteiger partial charge in [0, 0.05) is 38.8 Å². The van der Waals surface area contributed by atoms with Gasteiger partial charge in [-0.25, -0.2) is 4.98 Å². The molecule has 6 nitrogen and oxygen atoms in total. The summed E-state index contributed by atoms with van der Waals surface area (Å²) in [6.07, 6.45) is 7.49. The molecular weight excluding hydrogens is 330 g/mol. The molecule has 0 aliphatic rings. The number of nitrogens with one attached hydrogen (secondary N) is 1. The summed E-state index contributed by atoms with van der Waals surface area (Å²) in [6.45, 7) is 10.3. The largest absolute Gasteiger partial charge is 0.361 e. The van der Waals surface area contributed by atoms with Crippen molar-refractivity contribution >= 4 is 8.07 Å². The summed E-state index contributed by atoms with van der Waals surface area (Å²) in [7, 11) is -1.08. The van der Waals surface area contributed by atoms with Crippen LogP contribution in [0.15, 0.2) is 36.9 Å². The van der Waals surface area contributed by atoms with Crippen molar-refractivity contribution in [2.24, 2.45) is 0 Å². The smallest absolute Gasteiger partial charge is 0.160 e.